The molecule has 0 spiro atoms. The number of aryl methyl sites for hydroxylation is 1. The first-order valence-corrected chi connectivity index (χ1v) is 10.5. The van der Waals surface area contributed by atoms with Gasteiger partial charge in [0.15, 0.2) is 17.3 Å². The maximum atomic E-state index is 13.1. The van der Waals surface area contributed by atoms with Crippen LogP contribution < -0.4 is 9.64 Å². The standard InChI is InChI=1S/C22H16BrClN2O6/c1-10-7-16(25-32-10)26-18(12-8-14(23)20(28)15(9-12)31-2)17(21(29)22(26)30)19(27)11-3-5-13(24)6-4-11/h3-9,18,27-28H,1-2H3/t18-/m1/s1. The molecule has 1 fully saturated rings. The summed E-state index contributed by atoms with van der Waals surface area (Å²) >= 11 is 9.19. The number of ketones is 1. The van der Waals surface area contributed by atoms with Crippen molar-refractivity contribution in [2.45, 2.75) is 13.0 Å². The van der Waals surface area contributed by atoms with Gasteiger partial charge in [0.2, 0.25) is 0 Å². The summed E-state index contributed by atoms with van der Waals surface area (Å²) in [7, 11) is 1.37. The summed E-state index contributed by atoms with van der Waals surface area (Å²) in [6, 6.07) is 9.64. The maximum Gasteiger partial charge on any atom is 0.301 e. The van der Waals surface area contributed by atoms with Gasteiger partial charge in [0, 0.05) is 16.7 Å². The number of benzene rings is 2. The zero-order chi connectivity index (χ0) is 23.2. The highest BCUT2D eigenvalue weighted by Gasteiger charge is 2.48. The van der Waals surface area contributed by atoms with Gasteiger partial charge in [-0.25, -0.2) is 0 Å². The Labute approximate surface area is 195 Å². The average molecular weight is 520 g/mol. The summed E-state index contributed by atoms with van der Waals surface area (Å²) in [6.45, 7) is 1.65. The lowest BCUT2D eigenvalue weighted by atomic mass is 9.95. The topological polar surface area (TPSA) is 113 Å². The molecule has 10 heteroatoms. The van der Waals surface area contributed by atoms with Crippen molar-refractivity contribution < 1.29 is 29.1 Å². The number of amides is 1. The first-order valence-electron chi connectivity index (χ1n) is 9.29. The third kappa shape index (κ3) is 3.63. The summed E-state index contributed by atoms with van der Waals surface area (Å²) in [5, 5.41) is 25.6. The van der Waals surface area contributed by atoms with Gasteiger partial charge in [-0.15, -0.1) is 0 Å². The predicted octanol–water partition coefficient (Wildman–Crippen LogP) is 4.74. The fourth-order valence-electron chi connectivity index (χ4n) is 3.52. The number of ether oxygens (including phenoxy) is 1. The molecule has 3 aromatic rings. The van der Waals surface area contributed by atoms with Crippen LogP contribution in [0.25, 0.3) is 5.76 Å². The van der Waals surface area contributed by atoms with E-state index in [2.05, 4.69) is 21.1 Å². The number of Topliss-reactive ketones (excluding diaryl/α,β-unsaturated/α-hetero) is 1. The molecule has 0 radical (unpaired) electrons. The van der Waals surface area contributed by atoms with Gasteiger partial charge in [0.25, 0.3) is 5.78 Å². The van der Waals surface area contributed by atoms with Crippen molar-refractivity contribution in [1.29, 1.82) is 0 Å². The lowest BCUT2D eigenvalue weighted by Crippen LogP contribution is -2.29. The van der Waals surface area contributed by atoms with Gasteiger partial charge in [0.05, 0.1) is 23.2 Å². The molecule has 0 bridgehead atoms. The van der Waals surface area contributed by atoms with E-state index in [9.17, 15) is 19.8 Å². The second-order valence-corrected chi connectivity index (χ2v) is 8.32. The summed E-state index contributed by atoms with van der Waals surface area (Å²) in [5.74, 6) is -1.66. The highest BCUT2D eigenvalue weighted by molar-refractivity contribution is 9.10. The minimum absolute atomic E-state index is 0.105. The van der Waals surface area contributed by atoms with Crippen LogP contribution in [0.3, 0.4) is 0 Å². The molecule has 1 aromatic heterocycles. The molecule has 2 N–H and O–H groups in total. The molecule has 1 aliphatic rings. The van der Waals surface area contributed by atoms with E-state index in [0.717, 1.165) is 4.90 Å². The number of aromatic hydroxyl groups is 1. The number of aromatic nitrogens is 1. The van der Waals surface area contributed by atoms with Gasteiger partial charge in [0.1, 0.15) is 11.5 Å². The van der Waals surface area contributed by atoms with E-state index in [1.165, 1.54) is 37.4 Å². The molecule has 2 heterocycles. The molecule has 32 heavy (non-hydrogen) atoms. The maximum absolute atomic E-state index is 13.1. The van der Waals surface area contributed by atoms with Gasteiger partial charge in [-0.1, -0.05) is 16.8 Å². The van der Waals surface area contributed by atoms with Crippen molar-refractivity contribution in [2.75, 3.05) is 12.0 Å². The van der Waals surface area contributed by atoms with Crippen molar-refractivity contribution in [3.63, 3.8) is 0 Å². The van der Waals surface area contributed by atoms with Gasteiger partial charge in [-0.3, -0.25) is 14.5 Å². The van der Waals surface area contributed by atoms with Crippen LogP contribution in [0, 0.1) is 6.92 Å². The average Bonchev–Trinajstić information content (AvgIpc) is 3.31. The molecular formula is C22H16BrClN2O6. The molecule has 164 valence electrons. The van der Waals surface area contributed by atoms with Crippen LogP contribution in [0.2, 0.25) is 5.02 Å². The Morgan fingerprint density at radius 1 is 1.22 bits per heavy atom. The number of phenols is 1. The Hall–Kier alpha value is -3.30. The molecule has 1 aliphatic heterocycles. The second-order valence-electron chi connectivity index (χ2n) is 7.03. The molecule has 1 saturated heterocycles. The van der Waals surface area contributed by atoms with Crippen LogP contribution >= 0.6 is 27.5 Å². The molecule has 0 unspecified atom stereocenters. The van der Waals surface area contributed by atoms with Crippen molar-refractivity contribution in [2.24, 2.45) is 0 Å². The Bertz CT molecular complexity index is 1270. The third-order valence-electron chi connectivity index (χ3n) is 5.01. The minimum atomic E-state index is -1.07. The van der Waals surface area contributed by atoms with Crippen LogP contribution in [0.5, 0.6) is 11.5 Å². The summed E-state index contributed by atoms with van der Waals surface area (Å²) in [6.07, 6.45) is 0. The van der Waals surface area contributed by atoms with Crippen molar-refractivity contribution in [3.8, 4) is 11.5 Å². The number of rotatable bonds is 4. The second kappa shape index (κ2) is 8.33. The van der Waals surface area contributed by atoms with Crippen LogP contribution in [-0.2, 0) is 9.59 Å². The zero-order valence-corrected chi connectivity index (χ0v) is 19.1. The predicted molar refractivity (Wildman–Crippen MR) is 120 cm³/mol. The third-order valence-corrected chi connectivity index (χ3v) is 5.87. The monoisotopic (exact) mass is 518 g/mol. The fraction of sp³-hybridized carbons (Fsp3) is 0.136. The molecule has 0 saturated carbocycles. The largest absolute Gasteiger partial charge is 0.507 e. The van der Waals surface area contributed by atoms with Crippen molar-refractivity contribution in [3.05, 3.63) is 74.4 Å². The first-order chi connectivity index (χ1) is 15.2. The van der Waals surface area contributed by atoms with Crippen LogP contribution in [0.15, 0.2) is 57.0 Å². The molecular weight excluding hydrogens is 504 g/mol. The van der Waals surface area contributed by atoms with E-state index in [-0.39, 0.29) is 33.1 Å². The van der Waals surface area contributed by atoms with Gasteiger partial charge >= 0.3 is 5.91 Å². The minimum Gasteiger partial charge on any atom is -0.507 e. The van der Waals surface area contributed by atoms with E-state index in [1.54, 1.807) is 19.1 Å². The van der Waals surface area contributed by atoms with E-state index in [0.29, 0.717) is 21.9 Å². The molecule has 0 aliphatic carbocycles. The van der Waals surface area contributed by atoms with Gasteiger partial charge in [-0.05, 0) is 64.8 Å². The number of aliphatic hydroxyl groups is 1. The van der Waals surface area contributed by atoms with Gasteiger partial charge < -0.3 is 19.5 Å². The molecule has 8 nitrogen and oxygen atoms in total. The van der Waals surface area contributed by atoms with E-state index in [4.69, 9.17) is 20.9 Å². The number of phenolic OH excluding ortho intramolecular Hbond substituents is 1. The highest BCUT2D eigenvalue weighted by Crippen LogP contribution is 2.45. The number of halogens is 2. The smallest absolute Gasteiger partial charge is 0.301 e. The summed E-state index contributed by atoms with van der Waals surface area (Å²) < 4.78 is 10.6. The number of carbonyl (C=O) groups is 2. The number of aliphatic hydroxyl groups excluding tert-OH is 1. The molecule has 4 rings (SSSR count). The number of nitrogens with zero attached hydrogens (tertiary/aromatic N) is 2. The van der Waals surface area contributed by atoms with Crippen molar-refractivity contribution >= 4 is 50.8 Å². The SMILES string of the molecule is COc1cc([C@@H]2C(=C(O)c3ccc(Cl)cc3)C(=O)C(=O)N2c2cc(C)on2)cc(Br)c1O. The summed E-state index contributed by atoms with van der Waals surface area (Å²) in [4.78, 5) is 27.3. The number of hydrogen-bond acceptors (Lipinski definition) is 7. The Kier molecular flexibility index (Phi) is 5.70. The summed E-state index contributed by atoms with van der Waals surface area (Å²) in [5.41, 5.74) is 0.540. The van der Waals surface area contributed by atoms with Gasteiger partial charge in [-0.2, -0.15) is 0 Å². The van der Waals surface area contributed by atoms with E-state index >= 15 is 0 Å². The quantitative estimate of drug-likeness (QED) is 0.291. The van der Waals surface area contributed by atoms with Crippen LogP contribution in [0.4, 0.5) is 5.82 Å². The Morgan fingerprint density at radius 3 is 2.50 bits per heavy atom. The highest BCUT2D eigenvalue weighted by atomic mass is 79.9. The number of carbonyl (C=O) groups excluding carboxylic acids is 2. The van der Waals surface area contributed by atoms with E-state index < -0.39 is 17.7 Å². The molecule has 1 atom stereocenters. The lowest BCUT2D eigenvalue weighted by molar-refractivity contribution is -0.132. The van der Waals surface area contributed by atoms with Crippen LogP contribution in [0.1, 0.15) is 22.9 Å². The Balaban J connectivity index is 1.99. The zero-order valence-electron chi connectivity index (χ0n) is 16.8. The molecule has 2 aromatic carbocycles. The number of hydrogen-bond donors (Lipinski definition) is 2. The molecule has 1 amide bonds. The number of anilines is 1. The number of methoxy groups -OCH3 is 1. The fourth-order valence-corrected chi connectivity index (χ4v) is 4.11. The van der Waals surface area contributed by atoms with Crippen LogP contribution in [-0.4, -0.2) is 34.2 Å². The normalized spacial score (nSPS) is 17.8. The lowest BCUT2D eigenvalue weighted by Gasteiger charge is -2.23. The van der Waals surface area contributed by atoms with E-state index in [1.807, 2.05) is 0 Å². The Morgan fingerprint density at radius 2 is 1.91 bits per heavy atom. The first kappa shape index (κ1) is 21.9. The van der Waals surface area contributed by atoms with Crippen molar-refractivity contribution in [1.82, 2.24) is 5.16 Å².